The van der Waals surface area contributed by atoms with Gasteiger partial charge in [0.05, 0.1) is 0 Å². The smallest absolute Gasteiger partial charge is 0.133 e. The van der Waals surface area contributed by atoms with E-state index in [1.54, 1.807) is 6.33 Å². The summed E-state index contributed by atoms with van der Waals surface area (Å²) >= 11 is 3.39. The van der Waals surface area contributed by atoms with Crippen LogP contribution >= 0.6 is 15.9 Å². The molecule has 3 nitrogen and oxygen atoms in total. The van der Waals surface area contributed by atoms with Gasteiger partial charge in [-0.3, -0.25) is 0 Å². The van der Waals surface area contributed by atoms with Crippen LogP contribution in [0.4, 0.5) is 5.82 Å². The van der Waals surface area contributed by atoms with Gasteiger partial charge in [0.2, 0.25) is 0 Å². The van der Waals surface area contributed by atoms with Crippen molar-refractivity contribution < 1.29 is 0 Å². The van der Waals surface area contributed by atoms with Crippen molar-refractivity contribution in [1.82, 2.24) is 9.97 Å². The predicted molar refractivity (Wildman–Crippen MR) is 64.9 cm³/mol. The number of hydrogen-bond acceptors (Lipinski definition) is 3. The van der Waals surface area contributed by atoms with E-state index in [-0.39, 0.29) is 0 Å². The van der Waals surface area contributed by atoms with Crippen LogP contribution in [0.25, 0.3) is 0 Å². The maximum atomic E-state index is 4.34. The molecule has 0 aliphatic carbocycles. The molecule has 0 aromatic carbocycles. The first kappa shape index (κ1) is 10.9. The maximum absolute atomic E-state index is 4.34. The second-order valence-corrected chi connectivity index (χ2v) is 4.95. The largest absolute Gasteiger partial charge is 0.353 e. The minimum atomic E-state index is 0.631. The Labute approximate surface area is 99.0 Å². The Hall–Kier alpha value is -0.640. The summed E-state index contributed by atoms with van der Waals surface area (Å²) in [5, 5.41) is 0. The van der Waals surface area contributed by atoms with Crippen molar-refractivity contribution >= 4 is 21.7 Å². The van der Waals surface area contributed by atoms with Gasteiger partial charge in [0.15, 0.2) is 0 Å². The van der Waals surface area contributed by atoms with E-state index in [1.807, 2.05) is 6.07 Å². The first-order valence-corrected chi connectivity index (χ1v) is 6.26. The van der Waals surface area contributed by atoms with Gasteiger partial charge in [-0.1, -0.05) is 13.8 Å². The minimum absolute atomic E-state index is 0.631. The zero-order valence-corrected chi connectivity index (χ0v) is 10.7. The molecule has 2 heterocycles. The molecule has 2 unspecified atom stereocenters. The number of nitrogens with zero attached hydrogens (tertiary/aromatic N) is 3. The van der Waals surface area contributed by atoms with Crippen molar-refractivity contribution in [3.63, 3.8) is 0 Å². The second-order valence-electron chi connectivity index (χ2n) is 4.13. The third kappa shape index (κ3) is 2.14. The molecule has 0 saturated carbocycles. The molecule has 0 radical (unpaired) electrons. The molecule has 15 heavy (non-hydrogen) atoms. The molecule has 0 N–H and O–H groups in total. The third-order valence-electron chi connectivity index (χ3n) is 3.21. The molecule has 0 amide bonds. The highest BCUT2D eigenvalue weighted by molar-refractivity contribution is 9.10. The summed E-state index contributed by atoms with van der Waals surface area (Å²) in [5.74, 6) is 1.82. The van der Waals surface area contributed by atoms with Gasteiger partial charge in [-0.05, 0) is 34.7 Å². The average molecular weight is 270 g/mol. The van der Waals surface area contributed by atoms with E-state index in [0.717, 1.165) is 22.9 Å². The van der Waals surface area contributed by atoms with E-state index < -0.39 is 0 Å². The van der Waals surface area contributed by atoms with Gasteiger partial charge in [-0.15, -0.1) is 0 Å². The molecule has 82 valence electrons. The zero-order chi connectivity index (χ0) is 10.8. The summed E-state index contributed by atoms with van der Waals surface area (Å²) in [7, 11) is 0. The van der Waals surface area contributed by atoms with Gasteiger partial charge in [-0.2, -0.15) is 0 Å². The SMILES string of the molecule is CCC1C(C)CCN1c1cc(Br)ncn1. The van der Waals surface area contributed by atoms with E-state index in [2.05, 4.69) is 44.6 Å². The topological polar surface area (TPSA) is 29.0 Å². The van der Waals surface area contributed by atoms with Crippen molar-refractivity contribution in [2.75, 3.05) is 11.4 Å². The van der Waals surface area contributed by atoms with Gasteiger partial charge in [-0.25, -0.2) is 9.97 Å². The van der Waals surface area contributed by atoms with E-state index in [1.165, 1.54) is 12.8 Å². The predicted octanol–water partition coefficient (Wildman–Crippen LogP) is 2.86. The highest BCUT2D eigenvalue weighted by atomic mass is 79.9. The van der Waals surface area contributed by atoms with E-state index in [9.17, 15) is 0 Å². The Morgan fingerprint density at radius 3 is 3.00 bits per heavy atom. The first-order valence-electron chi connectivity index (χ1n) is 5.46. The average Bonchev–Trinajstić information content (AvgIpc) is 2.59. The molecule has 1 fully saturated rings. The highest BCUT2D eigenvalue weighted by Gasteiger charge is 2.30. The number of anilines is 1. The standard InChI is InChI=1S/C11H16BrN3/c1-3-9-8(2)4-5-15(9)11-6-10(12)13-7-14-11/h6-9H,3-5H2,1-2H3. The Balaban J connectivity index is 2.23. The zero-order valence-electron chi connectivity index (χ0n) is 9.15. The lowest BCUT2D eigenvalue weighted by Gasteiger charge is -2.26. The van der Waals surface area contributed by atoms with Crippen molar-refractivity contribution in [3.8, 4) is 0 Å². The number of halogens is 1. The molecule has 1 saturated heterocycles. The van der Waals surface area contributed by atoms with Crippen LogP contribution < -0.4 is 4.90 Å². The Bertz CT molecular complexity index is 342. The Kier molecular flexibility index (Phi) is 3.24. The Morgan fingerprint density at radius 1 is 1.53 bits per heavy atom. The van der Waals surface area contributed by atoms with Crippen LogP contribution in [0.15, 0.2) is 17.0 Å². The lowest BCUT2D eigenvalue weighted by Crippen LogP contribution is -2.32. The molecule has 4 heteroatoms. The number of hydrogen-bond donors (Lipinski definition) is 0. The van der Waals surface area contributed by atoms with Crippen LogP contribution in [-0.2, 0) is 0 Å². The molecule has 2 rings (SSSR count). The van der Waals surface area contributed by atoms with Gasteiger partial charge in [0.25, 0.3) is 0 Å². The Morgan fingerprint density at radius 2 is 2.33 bits per heavy atom. The quantitative estimate of drug-likeness (QED) is 0.774. The number of aromatic nitrogens is 2. The molecular weight excluding hydrogens is 254 g/mol. The summed E-state index contributed by atoms with van der Waals surface area (Å²) in [6, 6.07) is 2.63. The summed E-state index contributed by atoms with van der Waals surface area (Å²) in [6.07, 6.45) is 4.07. The fourth-order valence-electron chi connectivity index (χ4n) is 2.40. The molecule has 1 aromatic heterocycles. The fourth-order valence-corrected chi connectivity index (χ4v) is 2.69. The van der Waals surface area contributed by atoms with Gasteiger partial charge < -0.3 is 4.90 Å². The van der Waals surface area contributed by atoms with Crippen molar-refractivity contribution in [3.05, 3.63) is 17.0 Å². The van der Waals surface area contributed by atoms with E-state index >= 15 is 0 Å². The van der Waals surface area contributed by atoms with Gasteiger partial charge >= 0.3 is 0 Å². The molecule has 1 aliphatic rings. The maximum Gasteiger partial charge on any atom is 0.133 e. The summed E-state index contributed by atoms with van der Waals surface area (Å²) in [4.78, 5) is 10.8. The minimum Gasteiger partial charge on any atom is -0.353 e. The van der Waals surface area contributed by atoms with Gasteiger partial charge in [0.1, 0.15) is 16.7 Å². The summed E-state index contributed by atoms with van der Waals surface area (Å²) in [5.41, 5.74) is 0. The van der Waals surface area contributed by atoms with Crippen LogP contribution in [0.3, 0.4) is 0 Å². The number of rotatable bonds is 2. The molecule has 1 aliphatic heterocycles. The summed E-state index contributed by atoms with van der Waals surface area (Å²) in [6.45, 7) is 5.68. The normalized spacial score (nSPS) is 25.9. The van der Waals surface area contributed by atoms with E-state index in [4.69, 9.17) is 0 Å². The molecular formula is C11H16BrN3. The molecule has 0 bridgehead atoms. The second kappa shape index (κ2) is 4.47. The van der Waals surface area contributed by atoms with Crippen molar-refractivity contribution in [1.29, 1.82) is 0 Å². The van der Waals surface area contributed by atoms with Crippen LogP contribution in [0.1, 0.15) is 26.7 Å². The lowest BCUT2D eigenvalue weighted by atomic mass is 10.0. The molecule has 0 spiro atoms. The van der Waals surface area contributed by atoms with Crippen molar-refractivity contribution in [2.45, 2.75) is 32.7 Å². The van der Waals surface area contributed by atoms with Crippen LogP contribution in [0.5, 0.6) is 0 Å². The van der Waals surface area contributed by atoms with Crippen LogP contribution in [0.2, 0.25) is 0 Å². The fraction of sp³-hybridized carbons (Fsp3) is 0.636. The first-order chi connectivity index (χ1) is 7.22. The summed E-state index contributed by atoms with van der Waals surface area (Å²) < 4.78 is 0.863. The molecule has 1 aromatic rings. The van der Waals surface area contributed by atoms with Crippen molar-refractivity contribution in [2.24, 2.45) is 5.92 Å². The third-order valence-corrected chi connectivity index (χ3v) is 3.65. The monoisotopic (exact) mass is 269 g/mol. The van der Waals surface area contributed by atoms with Crippen LogP contribution in [-0.4, -0.2) is 22.6 Å². The van der Waals surface area contributed by atoms with Gasteiger partial charge in [0, 0.05) is 18.7 Å². The molecule has 2 atom stereocenters. The highest BCUT2D eigenvalue weighted by Crippen LogP contribution is 2.30. The lowest BCUT2D eigenvalue weighted by molar-refractivity contribution is 0.497. The van der Waals surface area contributed by atoms with Crippen LogP contribution in [0, 0.1) is 5.92 Å². The van der Waals surface area contributed by atoms with E-state index in [0.29, 0.717) is 6.04 Å².